The van der Waals surface area contributed by atoms with Crippen molar-refractivity contribution in [1.82, 2.24) is 20.4 Å². The van der Waals surface area contributed by atoms with Gasteiger partial charge in [0.25, 0.3) is 0 Å². The molecule has 0 spiro atoms. The summed E-state index contributed by atoms with van der Waals surface area (Å²) in [6.45, 7) is 13.6. The molecule has 0 unspecified atom stereocenters. The molecule has 2 heterocycles. The van der Waals surface area contributed by atoms with Crippen LogP contribution in [-0.4, -0.2) is 57.5 Å². The second-order valence-electron chi connectivity index (χ2n) is 13.0. The Labute approximate surface area is 250 Å². The molecule has 1 N–H and O–H groups in total. The molecule has 0 bridgehead atoms. The van der Waals surface area contributed by atoms with Gasteiger partial charge in [0.2, 0.25) is 17.7 Å². The van der Waals surface area contributed by atoms with Gasteiger partial charge in [-0.3, -0.25) is 5.32 Å². The van der Waals surface area contributed by atoms with Crippen LogP contribution in [0.1, 0.15) is 117 Å². The molecule has 0 radical (unpaired) electrons. The van der Waals surface area contributed by atoms with E-state index in [4.69, 9.17) is 14.0 Å². The summed E-state index contributed by atoms with van der Waals surface area (Å²) in [5, 5.41) is 6.76. The molecule has 1 saturated heterocycles. The molecular formula is C32H49N5O5. The monoisotopic (exact) mass is 583 g/mol. The molecule has 3 rings (SSSR count). The number of amides is 2. The van der Waals surface area contributed by atoms with E-state index in [1.54, 1.807) is 46.4 Å². The van der Waals surface area contributed by atoms with Gasteiger partial charge in [-0.2, -0.15) is 4.98 Å². The molecule has 1 aromatic heterocycles. The Morgan fingerprint density at radius 3 is 2.12 bits per heavy atom. The molecule has 2 aromatic rings. The Kier molecular flexibility index (Phi) is 11.9. The van der Waals surface area contributed by atoms with Crippen molar-refractivity contribution >= 4 is 18.1 Å². The van der Waals surface area contributed by atoms with E-state index in [2.05, 4.69) is 39.5 Å². The van der Waals surface area contributed by atoms with Crippen LogP contribution in [0, 0.1) is 0 Å². The van der Waals surface area contributed by atoms with E-state index >= 15 is 0 Å². The van der Waals surface area contributed by atoms with Gasteiger partial charge in [-0.25, -0.2) is 9.59 Å². The topological polar surface area (TPSA) is 119 Å². The Balaban J connectivity index is 1.53. The quantitative estimate of drug-likeness (QED) is 0.163. The van der Waals surface area contributed by atoms with E-state index in [0.717, 1.165) is 12.0 Å². The lowest BCUT2D eigenvalue weighted by atomic mass is 10.0. The first kappa shape index (κ1) is 33.1. The summed E-state index contributed by atoms with van der Waals surface area (Å²) >= 11 is 0. The minimum Gasteiger partial charge on any atom is -0.444 e. The van der Waals surface area contributed by atoms with Crippen LogP contribution in [0.4, 0.5) is 9.59 Å². The van der Waals surface area contributed by atoms with E-state index in [-0.39, 0.29) is 11.9 Å². The van der Waals surface area contributed by atoms with Gasteiger partial charge in [-0.05, 0) is 59.9 Å². The number of hydrogen-bond donors (Lipinski definition) is 1. The predicted molar refractivity (Wildman–Crippen MR) is 163 cm³/mol. The van der Waals surface area contributed by atoms with Crippen molar-refractivity contribution in [2.24, 2.45) is 4.99 Å². The fraction of sp³-hybridized carbons (Fsp3) is 0.656. The summed E-state index contributed by atoms with van der Waals surface area (Å²) in [4.78, 5) is 35.1. The lowest BCUT2D eigenvalue weighted by Gasteiger charge is -2.39. The molecule has 10 heteroatoms. The number of nitrogens with zero attached hydrogens (tertiary/aromatic N) is 4. The van der Waals surface area contributed by atoms with E-state index in [1.807, 2.05) is 12.1 Å². The number of hydrogen-bond acceptors (Lipinski definition) is 7. The average Bonchev–Trinajstić information content (AvgIpc) is 3.32. The third-order valence-corrected chi connectivity index (χ3v) is 6.71. The summed E-state index contributed by atoms with van der Waals surface area (Å²) in [5.41, 5.74) is 0.794. The second kappa shape index (κ2) is 15.2. The van der Waals surface area contributed by atoms with Crippen molar-refractivity contribution in [3.05, 3.63) is 35.7 Å². The molecule has 232 valence electrons. The van der Waals surface area contributed by atoms with Crippen LogP contribution in [0.2, 0.25) is 0 Å². The molecule has 1 fully saturated rings. The first-order valence-corrected chi connectivity index (χ1v) is 15.3. The molecule has 1 aliphatic heterocycles. The molecule has 1 aliphatic rings. The van der Waals surface area contributed by atoms with E-state index < -0.39 is 23.4 Å². The maximum absolute atomic E-state index is 12.4. The maximum Gasteiger partial charge on any atom is 0.437 e. The van der Waals surface area contributed by atoms with Crippen LogP contribution in [0.3, 0.4) is 0 Å². The van der Waals surface area contributed by atoms with E-state index in [0.29, 0.717) is 24.8 Å². The molecule has 2 amide bonds. The lowest BCUT2D eigenvalue weighted by Crippen LogP contribution is -2.55. The lowest BCUT2D eigenvalue weighted by molar-refractivity contribution is 0.0547. The highest BCUT2D eigenvalue weighted by Gasteiger charge is 2.36. The highest BCUT2D eigenvalue weighted by molar-refractivity contribution is 5.99. The first-order valence-electron chi connectivity index (χ1n) is 15.3. The second-order valence-corrected chi connectivity index (χ2v) is 13.0. The number of rotatable bonds is 11. The number of nitrogens with one attached hydrogen (secondary N) is 1. The van der Waals surface area contributed by atoms with E-state index in [1.165, 1.54) is 56.9 Å². The molecule has 0 aliphatic carbocycles. The zero-order chi connectivity index (χ0) is 30.8. The first-order chi connectivity index (χ1) is 19.8. The van der Waals surface area contributed by atoms with Gasteiger partial charge in [0.1, 0.15) is 11.2 Å². The molecular weight excluding hydrogens is 534 g/mol. The Morgan fingerprint density at radius 1 is 0.929 bits per heavy atom. The number of benzene rings is 1. The number of aromatic nitrogens is 2. The van der Waals surface area contributed by atoms with Crippen molar-refractivity contribution in [1.29, 1.82) is 0 Å². The number of aryl methyl sites for hydroxylation is 1. The van der Waals surface area contributed by atoms with Crippen molar-refractivity contribution in [3.8, 4) is 11.4 Å². The summed E-state index contributed by atoms with van der Waals surface area (Å²) in [5.74, 6) is 1.02. The van der Waals surface area contributed by atoms with Crippen molar-refractivity contribution in [2.75, 3.05) is 13.1 Å². The van der Waals surface area contributed by atoms with Crippen LogP contribution in [-0.2, 0) is 15.9 Å². The fourth-order valence-electron chi connectivity index (χ4n) is 4.55. The van der Waals surface area contributed by atoms with Crippen molar-refractivity contribution < 1.29 is 23.6 Å². The average molecular weight is 584 g/mol. The molecule has 1 aromatic carbocycles. The molecule has 10 nitrogen and oxygen atoms in total. The van der Waals surface area contributed by atoms with Gasteiger partial charge in [0, 0.05) is 18.7 Å². The summed E-state index contributed by atoms with van der Waals surface area (Å²) < 4.78 is 16.2. The minimum absolute atomic E-state index is 0.0570. The van der Waals surface area contributed by atoms with Crippen molar-refractivity contribution in [2.45, 2.75) is 123 Å². The SMILES string of the molecule is CCCCCCCCCCc1ccc(-c2noc(C3CN(/C(=N\C(=O)OC(C)(C)C)NC(=O)OC(C)(C)C)C3)n2)cc1. The van der Waals surface area contributed by atoms with Gasteiger partial charge in [-0.15, -0.1) is 4.99 Å². The summed E-state index contributed by atoms with van der Waals surface area (Å²) in [6, 6.07) is 8.36. The number of alkyl carbamates (subject to hydrolysis) is 1. The van der Waals surface area contributed by atoms with Crippen LogP contribution in [0.15, 0.2) is 33.8 Å². The number of carbonyl (C=O) groups is 2. The van der Waals surface area contributed by atoms with Gasteiger partial charge in [0.05, 0.1) is 5.92 Å². The number of carbonyl (C=O) groups excluding carboxylic acids is 2. The van der Waals surface area contributed by atoms with Gasteiger partial charge < -0.3 is 18.9 Å². The van der Waals surface area contributed by atoms with Crippen LogP contribution >= 0.6 is 0 Å². The van der Waals surface area contributed by atoms with Crippen LogP contribution in [0.5, 0.6) is 0 Å². The number of likely N-dealkylation sites (tertiary alicyclic amines) is 1. The number of unbranched alkanes of at least 4 members (excludes halogenated alkanes) is 7. The molecule has 0 saturated carbocycles. The zero-order valence-electron chi connectivity index (χ0n) is 26.5. The number of ether oxygens (including phenoxy) is 2. The fourth-order valence-corrected chi connectivity index (χ4v) is 4.55. The Morgan fingerprint density at radius 2 is 1.52 bits per heavy atom. The van der Waals surface area contributed by atoms with Crippen molar-refractivity contribution in [3.63, 3.8) is 0 Å². The van der Waals surface area contributed by atoms with E-state index in [9.17, 15) is 9.59 Å². The Bertz CT molecular complexity index is 1170. The highest BCUT2D eigenvalue weighted by Crippen LogP contribution is 2.28. The minimum atomic E-state index is -0.803. The molecule has 0 atom stereocenters. The predicted octanol–water partition coefficient (Wildman–Crippen LogP) is 7.63. The normalized spacial score (nSPS) is 14.5. The smallest absolute Gasteiger partial charge is 0.437 e. The standard InChI is InChI=1S/C32H49N5O5/c1-8-9-10-11-12-13-14-15-16-23-17-19-24(20-18-23)26-33-27(42-36-26)25-21-37(22-25)28(34-29(38)40-31(2,3)4)35-30(39)41-32(5,6)7/h17-20,25H,8-16,21-22H2,1-7H3,(H,34,35,38,39). The van der Waals surface area contributed by atoms with Gasteiger partial charge in [0.15, 0.2) is 0 Å². The third kappa shape index (κ3) is 11.4. The summed E-state index contributed by atoms with van der Waals surface area (Å²) in [7, 11) is 0. The Hall–Kier alpha value is -3.43. The zero-order valence-corrected chi connectivity index (χ0v) is 26.5. The largest absolute Gasteiger partial charge is 0.444 e. The highest BCUT2D eigenvalue weighted by atomic mass is 16.6. The van der Waals surface area contributed by atoms with Crippen LogP contribution in [0.25, 0.3) is 11.4 Å². The van der Waals surface area contributed by atoms with Gasteiger partial charge in [-0.1, -0.05) is 81.3 Å². The van der Waals surface area contributed by atoms with Gasteiger partial charge >= 0.3 is 12.2 Å². The third-order valence-electron chi connectivity index (χ3n) is 6.71. The number of aliphatic imine (C=N–C) groups is 1. The van der Waals surface area contributed by atoms with Crippen LogP contribution < -0.4 is 5.32 Å². The molecule has 42 heavy (non-hydrogen) atoms. The maximum atomic E-state index is 12.4. The number of guanidine groups is 1. The summed E-state index contributed by atoms with van der Waals surface area (Å²) in [6.07, 6.45) is 10.1.